The Labute approximate surface area is 310 Å². The van der Waals surface area contributed by atoms with Crippen LogP contribution in [-0.2, 0) is 39.8 Å². The number of nitrogens with zero attached hydrogens (tertiary/aromatic N) is 2. The number of fused-ring (bicyclic) bond motifs is 5. The van der Waals surface area contributed by atoms with Gasteiger partial charge in [-0.25, -0.2) is 9.59 Å². The molecule has 0 radical (unpaired) electrons. The van der Waals surface area contributed by atoms with E-state index in [-0.39, 0.29) is 35.4 Å². The molecule has 3 aliphatic rings. The largest absolute Gasteiger partial charge is 0.495 e. The lowest BCUT2D eigenvalue weighted by atomic mass is 9.83. The van der Waals surface area contributed by atoms with Crippen LogP contribution in [0, 0.1) is 5.92 Å². The van der Waals surface area contributed by atoms with Crippen molar-refractivity contribution in [3.63, 3.8) is 0 Å². The number of amides is 3. The minimum atomic E-state index is -1.82. The van der Waals surface area contributed by atoms with Crippen molar-refractivity contribution in [2.75, 3.05) is 33.2 Å². The number of epoxide rings is 1. The number of anilines is 1. The van der Waals surface area contributed by atoms with Gasteiger partial charge in [-0.1, -0.05) is 49.2 Å². The molecule has 2 saturated heterocycles. The van der Waals surface area contributed by atoms with Crippen LogP contribution in [0.1, 0.15) is 59.4 Å². The van der Waals surface area contributed by atoms with Crippen molar-refractivity contribution in [1.29, 1.82) is 0 Å². The number of nitrogens with one attached hydrogen (secondary N) is 1. The Morgan fingerprint density at radius 1 is 1.25 bits per heavy atom. The number of hydrogen-bond acceptors (Lipinski definition) is 11. The van der Waals surface area contributed by atoms with Crippen LogP contribution < -0.4 is 15.0 Å². The molecular weight excluding hydrogens is 702 g/mol. The molecule has 15 heteroatoms. The second-order valence-electron chi connectivity index (χ2n) is 14.0. The minimum absolute atomic E-state index is 0.0504. The summed E-state index contributed by atoms with van der Waals surface area (Å²) in [6.07, 6.45) is 1.05. The van der Waals surface area contributed by atoms with Crippen LogP contribution in [0.25, 0.3) is 0 Å². The van der Waals surface area contributed by atoms with Crippen molar-refractivity contribution in [2.24, 2.45) is 5.92 Å². The quantitative estimate of drug-likeness (QED) is 0.210. The summed E-state index contributed by atoms with van der Waals surface area (Å²) >= 11 is 11.0. The number of rotatable bonds is 7. The lowest BCUT2D eigenvalue weighted by Gasteiger charge is -2.42. The van der Waals surface area contributed by atoms with Gasteiger partial charge in [0.25, 0.3) is 0 Å². The molecule has 4 rings (SSSR count). The molecule has 1 unspecified atom stereocenters. The number of benzene rings is 1. The highest BCUT2D eigenvalue weighted by molar-refractivity contribution is 7.80. The van der Waals surface area contributed by atoms with Gasteiger partial charge >= 0.3 is 12.1 Å². The fourth-order valence-electron chi connectivity index (χ4n) is 6.61. The van der Waals surface area contributed by atoms with Crippen LogP contribution in [0.4, 0.5) is 10.5 Å². The number of halogens is 1. The average molecular weight is 752 g/mol. The summed E-state index contributed by atoms with van der Waals surface area (Å²) in [5.41, 5.74) is -0.913. The monoisotopic (exact) mass is 751 g/mol. The maximum atomic E-state index is 14.1. The topological polar surface area (TPSA) is 156 Å². The summed E-state index contributed by atoms with van der Waals surface area (Å²) in [6.45, 7) is 8.75. The Hall–Kier alpha value is -3.30. The predicted octanol–water partition coefficient (Wildman–Crippen LogP) is 4.22. The van der Waals surface area contributed by atoms with E-state index in [0.717, 1.165) is 11.1 Å². The molecule has 4 bridgehead atoms. The predicted molar refractivity (Wildman–Crippen MR) is 194 cm³/mol. The molecule has 1 aromatic rings. The summed E-state index contributed by atoms with van der Waals surface area (Å²) < 4.78 is 29.1. The highest BCUT2D eigenvalue weighted by Crippen LogP contribution is 2.49. The van der Waals surface area contributed by atoms with Gasteiger partial charge in [0.1, 0.15) is 40.7 Å². The fraction of sp³-hybridized carbons (Fsp3) is 0.611. The lowest BCUT2D eigenvalue weighted by molar-refractivity contribution is -0.162. The number of aliphatic hydroxyl groups is 1. The van der Waals surface area contributed by atoms with E-state index in [1.54, 1.807) is 59.0 Å². The van der Waals surface area contributed by atoms with Gasteiger partial charge in [0.2, 0.25) is 11.8 Å². The van der Waals surface area contributed by atoms with E-state index in [4.69, 9.17) is 35.3 Å². The molecule has 51 heavy (non-hydrogen) atoms. The van der Waals surface area contributed by atoms with Crippen LogP contribution in [0.2, 0.25) is 5.02 Å². The maximum Gasteiger partial charge on any atom is 0.409 e. The zero-order chi connectivity index (χ0) is 38.0. The van der Waals surface area contributed by atoms with Crippen LogP contribution in [0.3, 0.4) is 0 Å². The maximum absolute atomic E-state index is 14.1. The third kappa shape index (κ3) is 9.02. The van der Waals surface area contributed by atoms with Crippen molar-refractivity contribution in [2.45, 2.75) is 107 Å². The molecule has 0 saturated carbocycles. The Morgan fingerprint density at radius 2 is 1.94 bits per heavy atom. The molecule has 0 aliphatic carbocycles. The summed E-state index contributed by atoms with van der Waals surface area (Å²) in [4.78, 5) is 56.0. The van der Waals surface area contributed by atoms with Crippen molar-refractivity contribution < 1.29 is 48.0 Å². The Balaban J connectivity index is 1.77. The number of carbonyl (C=O) groups excluding carboxylic acids is 4. The highest BCUT2D eigenvalue weighted by atomic mass is 35.5. The Bertz CT molecular complexity index is 1570. The Kier molecular flexibility index (Phi) is 12.8. The molecule has 282 valence electrons. The van der Waals surface area contributed by atoms with Crippen molar-refractivity contribution in [1.82, 2.24) is 10.2 Å². The van der Waals surface area contributed by atoms with E-state index in [9.17, 15) is 24.3 Å². The molecule has 3 aliphatic heterocycles. The first-order valence-electron chi connectivity index (χ1n) is 16.9. The van der Waals surface area contributed by atoms with Gasteiger partial charge in [0, 0.05) is 45.2 Å². The van der Waals surface area contributed by atoms with E-state index in [0.29, 0.717) is 17.9 Å². The number of likely N-dealkylation sites (N-methyl/N-ethyl adjacent to an activating group) is 1. The van der Waals surface area contributed by atoms with Gasteiger partial charge in [-0.2, -0.15) is 12.6 Å². The van der Waals surface area contributed by atoms with Gasteiger partial charge in [-0.3, -0.25) is 14.9 Å². The van der Waals surface area contributed by atoms with Crippen LogP contribution in [0.5, 0.6) is 5.75 Å². The van der Waals surface area contributed by atoms with Crippen LogP contribution in [-0.4, -0.2) is 109 Å². The number of esters is 1. The van der Waals surface area contributed by atoms with Crippen LogP contribution in [0.15, 0.2) is 35.9 Å². The van der Waals surface area contributed by atoms with E-state index in [2.05, 4.69) is 17.9 Å². The van der Waals surface area contributed by atoms with Crippen molar-refractivity contribution in [3.8, 4) is 5.75 Å². The standard InChI is InChI=1S/C36H50ClN3O10S/c1-19-11-10-12-27(47-9)36(45)18-26(48-34(44)38-36)21(3)32-35(5,50-32)28(49-33(43)22(4)39(6)29(41)14-20(2)51)17-30(42)40(7)24-15-23(13-19)16-25(46-8)31(24)37/h10-12,15-16,20-22,26-28,32,45,51H,13-14,17-18H2,1-9H3,(H,38,44)/b12-10+,19-11+/t20?,21-,22+,26+,27-,28+,32+,35+,36+/m1/s1. The van der Waals surface area contributed by atoms with Gasteiger partial charge in [-0.15, -0.1) is 0 Å². The van der Waals surface area contributed by atoms with E-state index < -0.39 is 65.7 Å². The van der Waals surface area contributed by atoms with Gasteiger partial charge in [0.15, 0.2) is 5.72 Å². The molecule has 13 nitrogen and oxygen atoms in total. The molecule has 2 N–H and O–H groups in total. The number of hydrogen-bond donors (Lipinski definition) is 3. The van der Waals surface area contributed by atoms with Crippen molar-refractivity contribution >= 4 is 53.8 Å². The first-order chi connectivity index (χ1) is 23.8. The minimum Gasteiger partial charge on any atom is -0.495 e. The number of carbonyl (C=O) groups is 4. The highest BCUT2D eigenvalue weighted by Gasteiger charge is 2.64. The van der Waals surface area contributed by atoms with E-state index in [1.165, 1.54) is 31.1 Å². The number of alkyl carbamates (subject to hydrolysis) is 1. The zero-order valence-corrected chi connectivity index (χ0v) is 32.2. The molecule has 0 spiro atoms. The molecule has 2 fully saturated rings. The summed E-state index contributed by atoms with van der Waals surface area (Å²) in [5.74, 6) is -1.62. The molecule has 9 atom stereocenters. The van der Waals surface area contributed by atoms with E-state index in [1.807, 2.05) is 13.0 Å². The number of thiol groups is 1. The Morgan fingerprint density at radius 3 is 2.57 bits per heavy atom. The number of methoxy groups -OCH3 is 2. The SMILES string of the molecule is COc1cc2cc(c1Cl)N(C)C(=O)C[C@H](OC(=O)[C@H](C)N(C)C(=O)CC(C)S)[C@]1(C)O[C@H]1[C@H](C)[C@@H]1C[C@@](O)(NC(=O)O1)[C@H](OC)/C=C/C=C(\C)C2. The third-order valence-corrected chi connectivity index (χ3v) is 10.6. The number of allylic oxidation sites excluding steroid dienone is 3. The smallest absolute Gasteiger partial charge is 0.409 e. The molecule has 3 amide bonds. The van der Waals surface area contributed by atoms with E-state index >= 15 is 0 Å². The first-order valence-corrected chi connectivity index (χ1v) is 17.8. The van der Waals surface area contributed by atoms with Gasteiger partial charge < -0.3 is 38.6 Å². The van der Waals surface area contributed by atoms with Gasteiger partial charge in [0.05, 0.1) is 25.3 Å². The second kappa shape index (κ2) is 16.2. The fourth-order valence-corrected chi connectivity index (χ4v) is 7.08. The summed E-state index contributed by atoms with van der Waals surface area (Å²) in [5, 5.41) is 14.2. The zero-order valence-electron chi connectivity index (χ0n) is 30.6. The normalized spacial score (nSPS) is 32.6. The third-order valence-electron chi connectivity index (χ3n) is 9.99. The summed E-state index contributed by atoms with van der Waals surface area (Å²) in [6, 6.07) is 2.59. The first kappa shape index (κ1) is 40.5. The average Bonchev–Trinajstić information content (AvgIpc) is 3.76. The molecular formula is C36H50ClN3O10S. The van der Waals surface area contributed by atoms with Gasteiger partial charge in [-0.05, 0) is 44.9 Å². The summed E-state index contributed by atoms with van der Waals surface area (Å²) in [7, 11) is 5.99. The molecule has 0 aromatic heterocycles. The second-order valence-corrected chi connectivity index (χ2v) is 15.2. The number of ether oxygens (including phenoxy) is 5. The van der Waals surface area contributed by atoms with Crippen LogP contribution >= 0.6 is 24.2 Å². The van der Waals surface area contributed by atoms with Crippen molar-refractivity contribution in [3.05, 3.63) is 46.5 Å². The lowest BCUT2D eigenvalue weighted by Crippen LogP contribution is -2.63. The molecule has 3 heterocycles. The molecule has 1 aromatic carbocycles.